The lowest BCUT2D eigenvalue weighted by molar-refractivity contribution is 0.667. The van der Waals surface area contributed by atoms with Crippen molar-refractivity contribution in [3.63, 3.8) is 0 Å². The van der Waals surface area contributed by atoms with E-state index in [0.717, 1.165) is 94.3 Å². The Hall–Kier alpha value is -6.92. The molecule has 0 aliphatic carbocycles. The fourth-order valence-electron chi connectivity index (χ4n) is 7.76. The molecule has 0 amide bonds. The number of amidine groups is 2. The quantitative estimate of drug-likeness (QED) is 0.205. The van der Waals surface area contributed by atoms with Crippen LogP contribution in [-0.2, 0) is 0 Å². The molecular weight excluding hydrogens is 629 g/mol. The molecule has 1 unspecified atom stereocenters. The lowest BCUT2D eigenvalue weighted by atomic mass is 10.0. The topological polar surface area (TPSA) is 68.0 Å². The van der Waals surface area contributed by atoms with Crippen molar-refractivity contribution in [3.8, 4) is 5.69 Å². The van der Waals surface area contributed by atoms with Crippen LogP contribution in [0.2, 0.25) is 0 Å². The molecular formula is C45H28N4O2. The number of fused-ring (bicyclic) bond motifs is 10. The molecule has 0 saturated carbocycles. The molecule has 6 nitrogen and oxygen atoms in total. The summed E-state index contributed by atoms with van der Waals surface area (Å²) in [5.41, 5.74) is 9.52. The molecule has 0 spiro atoms. The number of hydrogen-bond donors (Lipinski definition) is 1. The summed E-state index contributed by atoms with van der Waals surface area (Å²) in [6, 6.07) is 54.3. The first-order valence-corrected chi connectivity index (χ1v) is 17.1. The maximum absolute atomic E-state index is 6.86. The molecule has 1 atom stereocenters. The summed E-state index contributed by atoms with van der Waals surface area (Å²) in [7, 11) is 0. The lowest BCUT2D eigenvalue weighted by Gasteiger charge is -2.22. The van der Waals surface area contributed by atoms with Crippen LogP contribution in [0.25, 0.3) is 71.4 Å². The van der Waals surface area contributed by atoms with E-state index < -0.39 is 6.17 Å². The van der Waals surface area contributed by atoms with Gasteiger partial charge in [0.15, 0.2) is 11.7 Å². The second-order valence-electron chi connectivity index (χ2n) is 13.0. The predicted octanol–water partition coefficient (Wildman–Crippen LogP) is 11.1. The SMILES string of the molecule is c1ccc(C2=NC(c3ccc4c(c3)oc3c4ccc4c5ccccc5n(-c5ccccc5)c43)N=C(c3cccc4oc5ccccc5c34)N2)cc1. The molecule has 7 aromatic carbocycles. The highest BCUT2D eigenvalue weighted by molar-refractivity contribution is 6.24. The number of para-hydroxylation sites is 3. The summed E-state index contributed by atoms with van der Waals surface area (Å²) in [5.74, 6) is 1.50. The van der Waals surface area contributed by atoms with Gasteiger partial charge in [0.2, 0.25) is 0 Å². The third-order valence-electron chi connectivity index (χ3n) is 10.1. The number of hydrogen-bond acceptors (Lipinski definition) is 5. The Balaban J connectivity index is 1.12. The molecule has 0 bridgehead atoms. The Labute approximate surface area is 291 Å². The van der Waals surface area contributed by atoms with Gasteiger partial charge < -0.3 is 18.7 Å². The van der Waals surface area contributed by atoms with E-state index in [1.54, 1.807) is 0 Å². The second kappa shape index (κ2) is 10.8. The van der Waals surface area contributed by atoms with Crippen molar-refractivity contribution in [3.05, 3.63) is 174 Å². The number of nitrogens with zero attached hydrogens (tertiary/aromatic N) is 3. The summed E-state index contributed by atoms with van der Waals surface area (Å²) in [6.07, 6.45) is -0.502. The Morgan fingerprint density at radius 3 is 2.10 bits per heavy atom. The van der Waals surface area contributed by atoms with Crippen LogP contribution in [0.5, 0.6) is 0 Å². The van der Waals surface area contributed by atoms with Gasteiger partial charge in [-0.25, -0.2) is 9.98 Å². The van der Waals surface area contributed by atoms with E-state index in [1.165, 1.54) is 5.39 Å². The summed E-state index contributed by atoms with van der Waals surface area (Å²) in [6.45, 7) is 0. The van der Waals surface area contributed by atoms with Gasteiger partial charge in [-0.15, -0.1) is 0 Å². The van der Waals surface area contributed by atoms with Gasteiger partial charge in [0, 0.05) is 54.7 Å². The monoisotopic (exact) mass is 656 g/mol. The van der Waals surface area contributed by atoms with Gasteiger partial charge >= 0.3 is 0 Å². The minimum absolute atomic E-state index is 0.502. The first kappa shape index (κ1) is 28.0. The standard InChI is InChI=1S/C45H28N4O2/c1-3-12-27(13-4-1)43-46-44(48-45(47-43)35-18-11-21-38-40(35)34-17-8-10-20-37(34)50-38)28-22-23-31-33-25-24-32-30-16-7-9-19-36(30)49(29-14-5-2-6-15-29)41(32)42(33)51-39(31)26-28/h1-26,44H,(H,46,47,48). The molecule has 6 heteroatoms. The van der Waals surface area contributed by atoms with Crippen molar-refractivity contribution in [1.82, 2.24) is 9.88 Å². The van der Waals surface area contributed by atoms with Gasteiger partial charge in [0.1, 0.15) is 28.4 Å². The number of rotatable bonds is 4. The largest absolute Gasteiger partial charge is 0.456 e. The van der Waals surface area contributed by atoms with Crippen LogP contribution in [0.3, 0.4) is 0 Å². The number of furan rings is 2. The number of aromatic nitrogens is 1. The van der Waals surface area contributed by atoms with Gasteiger partial charge in [-0.2, -0.15) is 0 Å². The molecule has 1 aliphatic heterocycles. The van der Waals surface area contributed by atoms with E-state index in [2.05, 4.69) is 113 Å². The highest BCUT2D eigenvalue weighted by Crippen LogP contribution is 2.41. The predicted molar refractivity (Wildman–Crippen MR) is 207 cm³/mol. The van der Waals surface area contributed by atoms with Crippen molar-refractivity contribution in [2.75, 3.05) is 0 Å². The zero-order valence-corrected chi connectivity index (χ0v) is 27.2. The molecule has 1 aliphatic rings. The van der Waals surface area contributed by atoms with Crippen LogP contribution >= 0.6 is 0 Å². The molecule has 4 heterocycles. The van der Waals surface area contributed by atoms with E-state index in [0.29, 0.717) is 0 Å². The molecule has 0 fully saturated rings. The van der Waals surface area contributed by atoms with Gasteiger partial charge in [-0.3, -0.25) is 0 Å². The number of nitrogens with one attached hydrogen (secondary N) is 1. The van der Waals surface area contributed by atoms with E-state index in [4.69, 9.17) is 18.8 Å². The summed E-state index contributed by atoms with van der Waals surface area (Å²) >= 11 is 0. The highest BCUT2D eigenvalue weighted by Gasteiger charge is 2.25. The zero-order chi connectivity index (χ0) is 33.5. The van der Waals surface area contributed by atoms with E-state index in [1.807, 2.05) is 54.6 Å². The Bertz CT molecular complexity index is 3060. The molecule has 3 aromatic heterocycles. The van der Waals surface area contributed by atoms with Gasteiger partial charge in [-0.1, -0.05) is 115 Å². The third kappa shape index (κ3) is 4.23. The van der Waals surface area contributed by atoms with Crippen molar-refractivity contribution in [2.45, 2.75) is 6.17 Å². The average Bonchev–Trinajstić information content (AvgIpc) is 3.88. The molecule has 240 valence electrons. The Morgan fingerprint density at radius 1 is 0.510 bits per heavy atom. The smallest absolute Gasteiger partial charge is 0.169 e. The van der Waals surface area contributed by atoms with Crippen LogP contribution in [0, 0.1) is 0 Å². The summed E-state index contributed by atoms with van der Waals surface area (Å²) in [5, 5.41) is 10.1. The average molecular weight is 657 g/mol. The van der Waals surface area contributed by atoms with Crippen LogP contribution in [0.1, 0.15) is 22.9 Å². The summed E-state index contributed by atoms with van der Waals surface area (Å²) < 4.78 is 15.4. The fraction of sp³-hybridized carbons (Fsp3) is 0.0222. The maximum atomic E-state index is 6.86. The Kier molecular flexibility index (Phi) is 5.92. The van der Waals surface area contributed by atoms with Crippen molar-refractivity contribution < 1.29 is 8.83 Å². The molecule has 0 saturated heterocycles. The van der Waals surface area contributed by atoms with E-state index in [-0.39, 0.29) is 0 Å². The molecule has 10 aromatic rings. The fourth-order valence-corrected chi connectivity index (χ4v) is 7.76. The van der Waals surface area contributed by atoms with Gasteiger partial charge in [0.25, 0.3) is 0 Å². The molecule has 51 heavy (non-hydrogen) atoms. The Morgan fingerprint density at radius 2 is 1.22 bits per heavy atom. The lowest BCUT2D eigenvalue weighted by Crippen LogP contribution is -2.36. The first-order valence-electron chi connectivity index (χ1n) is 17.1. The highest BCUT2D eigenvalue weighted by atomic mass is 16.3. The molecule has 0 radical (unpaired) electrons. The van der Waals surface area contributed by atoms with E-state index in [9.17, 15) is 0 Å². The van der Waals surface area contributed by atoms with Crippen LogP contribution in [0.15, 0.2) is 177 Å². The van der Waals surface area contributed by atoms with Gasteiger partial charge in [0.05, 0.1) is 11.0 Å². The number of benzene rings is 7. The van der Waals surface area contributed by atoms with Gasteiger partial charge in [-0.05, 0) is 42.5 Å². The zero-order valence-electron chi connectivity index (χ0n) is 27.2. The minimum Gasteiger partial charge on any atom is -0.456 e. The number of aliphatic imine (C=N–C) groups is 2. The molecule has 1 N–H and O–H groups in total. The second-order valence-corrected chi connectivity index (χ2v) is 13.0. The normalized spacial score (nSPS) is 14.9. The van der Waals surface area contributed by atoms with Crippen LogP contribution in [-0.4, -0.2) is 16.2 Å². The van der Waals surface area contributed by atoms with Crippen molar-refractivity contribution in [1.29, 1.82) is 0 Å². The van der Waals surface area contributed by atoms with Crippen molar-refractivity contribution in [2.24, 2.45) is 9.98 Å². The molecule has 11 rings (SSSR count). The minimum atomic E-state index is -0.502. The third-order valence-corrected chi connectivity index (χ3v) is 10.1. The van der Waals surface area contributed by atoms with Crippen LogP contribution < -0.4 is 5.32 Å². The maximum Gasteiger partial charge on any atom is 0.169 e. The van der Waals surface area contributed by atoms with E-state index >= 15 is 0 Å². The first-order chi connectivity index (χ1) is 25.3. The summed E-state index contributed by atoms with van der Waals surface area (Å²) in [4.78, 5) is 10.4. The van der Waals surface area contributed by atoms with Crippen LogP contribution in [0.4, 0.5) is 0 Å². The van der Waals surface area contributed by atoms with Crippen molar-refractivity contribution >= 4 is 77.4 Å².